The Hall–Kier alpha value is 0.290. The molecule has 0 radical (unpaired) electrons. The maximum Gasteiger partial charge on any atom is 0.466 e. The zero-order valence-electron chi connectivity index (χ0n) is 9.62. The molecule has 0 amide bonds. The molecule has 0 aromatic carbocycles. The average Bonchev–Trinajstić information content (AvgIpc) is 1.66. The van der Waals surface area contributed by atoms with Gasteiger partial charge in [-0.05, 0) is 13.8 Å². The molecule has 0 saturated heterocycles. The van der Waals surface area contributed by atoms with Crippen molar-refractivity contribution in [1.29, 1.82) is 0 Å². The van der Waals surface area contributed by atoms with E-state index in [9.17, 15) is 0 Å². The summed E-state index contributed by atoms with van der Waals surface area (Å²) in [7, 11) is -13.9. The molecule has 0 bridgehead atoms. The van der Waals surface area contributed by atoms with Crippen molar-refractivity contribution < 1.29 is 62.8 Å². The van der Waals surface area contributed by atoms with E-state index in [2.05, 4.69) is 0 Å². The molecule has 16 heteroatoms. The van der Waals surface area contributed by atoms with Gasteiger partial charge < -0.3 is 49.1 Å². The van der Waals surface area contributed by atoms with Crippen LogP contribution >= 0.6 is 23.5 Å². The van der Waals surface area contributed by atoms with Gasteiger partial charge in [0.25, 0.3) is 0 Å². The third-order valence-electron chi connectivity index (χ3n) is 0. The number of aliphatic hydroxyl groups excluding tert-OH is 1. The van der Waals surface area contributed by atoms with Crippen molar-refractivity contribution in [2.45, 2.75) is 20.0 Å². The van der Waals surface area contributed by atoms with Crippen molar-refractivity contribution in [2.75, 3.05) is 0 Å². The Morgan fingerprint density at radius 1 is 0.579 bits per heavy atom. The zero-order chi connectivity index (χ0) is 17.1. The Balaban J connectivity index is -0.0000000793. The fourth-order valence-corrected chi connectivity index (χ4v) is 0. The molecule has 0 rings (SSSR count). The quantitative estimate of drug-likeness (QED) is 0.204. The van der Waals surface area contributed by atoms with Crippen molar-refractivity contribution in [1.82, 2.24) is 0 Å². The van der Waals surface area contributed by atoms with Crippen LogP contribution in [0.15, 0.2) is 0 Å². The van der Waals surface area contributed by atoms with Gasteiger partial charge in [0.15, 0.2) is 0 Å². The molecule has 13 nitrogen and oxygen atoms in total. The fourth-order valence-electron chi connectivity index (χ4n) is 0. The summed E-state index contributed by atoms with van der Waals surface area (Å²) in [5, 5.41) is 8.06. The van der Waals surface area contributed by atoms with Gasteiger partial charge in [0, 0.05) is 6.10 Å². The first-order valence-electron chi connectivity index (χ1n) is 3.76. The highest BCUT2D eigenvalue weighted by Gasteiger charge is 2.01. The number of aliphatic hydroxyl groups is 1. The molecule has 0 fully saturated rings. The van der Waals surface area contributed by atoms with Gasteiger partial charge in [-0.2, -0.15) is 0 Å². The number of rotatable bonds is 0. The molecule has 0 aromatic heterocycles. The van der Waals surface area contributed by atoms with Gasteiger partial charge in [0.05, 0.1) is 0 Å². The summed E-state index contributed by atoms with van der Waals surface area (Å²) in [5.41, 5.74) is 0. The Morgan fingerprint density at radius 3 is 0.579 bits per heavy atom. The van der Waals surface area contributed by atoms with Crippen molar-refractivity contribution >= 4 is 23.5 Å². The smallest absolute Gasteiger partial charge is 0.394 e. The highest BCUT2D eigenvalue weighted by atomic mass is 31.2. The average molecular weight is 354 g/mol. The SMILES string of the molecule is CC(C)O.O=P(O)(O)O.O=P(O)(O)O.O=P(O)(O)O. The molecule has 0 heterocycles. The zero-order valence-corrected chi connectivity index (χ0v) is 12.3. The minimum atomic E-state index is -4.64. The Kier molecular flexibility index (Phi) is 17.5. The van der Waals surface area contributed by atoms with Gasteiger partial charge in [0.1, 0.15) is 0 Å². The van der Waals surface area contributed by atoms with E-state index in [1.807, 2.05) is 0 Å². The van der Waals surface area contributed by atoms with E-state index in [1.165, 1.54) is 0 Å². The molecule has 122 valence electrons. The van der Waals surface area contributed by atoms with Crippen LogP contribution in [0.1, 0.15) is 13.8 Å². The minimum Gasteiger partial charge on any atom is -0.394 e. The third kappa shape index (κ3) is 57700. The minimum absolute atomic E-state index is 0.167. The van der Waals surface area contributed by atoms with E-state index < -0.39 is 23.5 Å². The van der Waals surface area contributed by atoms with E-state index in [0.29, 0.717) is 0 Å². The summed E-state index contributed by atoms with van der Waals surface area (Å²) in [4.78, 5) is 64.7. The van der Waals surface area contributed by atoms with Crippen LogP contribution in [0, 0.1) is 0 Å². The highest BCUT2D eigenvalue weighted by Crippen LogP contribution is 2.26. The normalized spacial score (nSPS) is 11.2. The second-order valence-corrected chi connectivity index (χ2v) is 5.71. The third-order valence-corrected chi connectivity index (χ3v) is 0. The van der Waals surface area contributed by atoms with E-state index in [1.54, 1.807) is 13.8 Å². The molecule has 10 N–H and O–H groups in total. The van der Waals surface area contributed by atoms with Crippen LogP contribution in [0.25, 0.3) is 0 Å². The van der Waals surface area contributed by atoms with E-state index in [4.69, 9.17) is 62.8 Å². The van der Waals surface area contributed by atoms with E-state index in [-0.39, 0.29) is 6.10 Å². The van der Waals surface area contributed by atoms with Crippen molar-refractivity contribution in [3.8, 4) is 0 Å². The summed E-state index contributed by atoms with van der Waals surface area (Å²) in [6.07, 6.45) is -0.167. The lowest BCUT2D eigenvalue weighted by atomic mass is 10.5. The second kappa shape index (κ2) is 12.1. The van der Waals surface area contributed by atoms with Gasteiger partial charge >= 0.3 is 23.5 Å². The van der Waals surface area contributed by atoms with Crippen LogP contribution in [0.4, 0.5) is 0 Å². The van der Waals surface area contributed by atoms with Gasteiger partial charge in [0.2, 0.25) is 0 Å². The van der Waals surface area contributed by atoms with Crippen LogP contribution in [0.2, 0.25) is 0 Å². The second-order valence-electron chi connectivity index (χ2n) is 2.63. The van der Waals surface area contributed by atoms with Crippen LogP contribution in [0.5, 0.6) is 0 Å². The molecule has 0 spiro atoms. The highest BCUT2D eigenvalue weighted by molar-refractivity contribution is 7.45. The lowest BCUT2D eigenvalue weighted by molar-refractivity contribution is 0.216. The lowest BCUT2D eigenvalue weighted by Gasteiger charge is -1.82. The molecule has 0 aliphatic heterocycles. The number of phosphoric acid groups is 3. The fraction of sp³-hybridized carbons (Fsp3) is 1.00. The largest absolute Gasteiger partial charge is 0.466 e. The molecule has 0 aromatic rings. The maximum atomic E-state index is 8.88. The number of hydrogen-bond donors (Lipinski definition) is 10. The molecular formula is C3H17O13P3. The standard InChI is InChI=1S/C3H8O.3H3O4P/c1-3(2)4;3*1-5(2,3)4/h3-4H,1-2H3;3*(H3,1,2,3,4). The number of hydrogen-bond acceptors (Lipinski definition) is 4. The monoisotopic (exact) mass is 354 g/mol. The topological polar surface area (TPSA) is 254 Å². The van der Waals surface area contributed by atoms with Crippen LogP contribution in [-0.2, 0) is 13.7 Å². The van der Waals surface area contributed by atoms with E-state index >= 15 is 0 Å². The molecule has 0 aliphatic rings. The van der Waals surface area contributed by atoms with Crippen molar-refractivity contribution in [3.63, 3.8) is 0 Å². The first-order chi connectivity index (χ1) is 7.73. The molecule has 0 saturated carbocycles. The first-order valence-corrected chi connectivity index (χ1v) is 8.46. The van der Waals surface area contributed by atoms with Crippen LogP contribution < -0.4 is 0 Å². The Bertz CT molecular complexity index is 243. The maximum absolute atomic E-state index is 8.88. The van der Waals surface area contributed by atoms with Gasteiger partial charge in [-0.1, -0.05) is 0 Å². The van der Waals surface area contributed by atoms with Crippen molar-refractivity contribution in [2.24, 2.45) is 0 Å². The summed E-state index contributed by atoms with van der Waals surface area (Å²) >= 11 is 0. The molecular weight excluding hydrogens is 337 g/mol. The molecule has 19 heavy (non-hydrogen) atoms. The summed E-state index contributed by atoms with van der Waals surface area (Å²) in [6, 6.07) is 0. The molecule has 0 atom stereocenters. The van der Waals surface area contributed by atoms with Gasteiger partial charge in [-0.25, -0.2) is 13.7 Å². The Morgan fingerprint density at radius 2 is 0.579 bits per heavy atom. The molecule has 0 aliphatic carbocycles. The predicted molar refractivity (Wildman–Crippen MR) is 60.1 cm³/mol. The predicted octanol–water partition coefficient (Wildman–Crippen LogP) is -2.40. The van der Waals surface area contributed by atoms with Gasteiger partial charge in [-0.3, -0.25) is 0 Å². The summed E-state index contributed by atoms with van der Waals surface area (Å²) < 4.78 is 26.6. The van der Waals surface area contributed by atoms with E-state index in [0.717, 1.165) is 0 Å². The van der Waals surface area contributed by atoms with Crippen molar-refractivity contribution in [3.05, 3.63) is 0 Å². The lowest BCUT2D eigenvalue weighted by Crippen LogP contribution is -1.85. The summed E-state index contributed by atoms with van der Waals surface area (Å²) in [6.45, 7) is 3.44. The van der Waals surface area contributed by atoms with Crippen LogP contribution in [-0.4, -0.2) is 55.3 Å². The van der Waals surface area contributed by atoms with Crippen LogP contribution in [0.3, 0.4) is 0 Å². The molecule has 0 unspecified atom stereocenters. The summed E-state index contributed by atoms with van der Waals surface area (Å²) in [5.74, 6) is 0. The Labute approximate surface area is 107 Å². The van der Waals surface area contributed by atoms with Gasteiger partial charge in [-0.15, -0.1) is 0 Å². The first kappa shape index (κ1) is 27.6.